The summed E-state index contributed by atoms with van der Waals surface area (Å²) >= 11 is 0. The van der Waals surface area contributed by atoms with Gasteiger partial charge in [0, 0.05) is 43.1 Å². The lowest BCUT2D eigenvalue weighted by atomic mass is 10.1. The topological polar surface area (TPSA) is 90.5 Å². The van der Waals surface area contributed by atoms with Crippen LogP contribution in [0.25, 0.3) is 0 Å². The van der Waals surface area contributed by atoms with Crippen molar-refractivity contribution in [2.45, 2.75) is 33.2 Å². The maximum absolute atomic E-state index is 12.5. The Balaban J connectivity index is 1.60. The van der Waals surface area contributed by atoms with Crippen LogP contribution < -0.4 is 20.9 Å². The van der Waals surface area contributed by atoms with Crippen LogP contribution in [0.15, 0.2) is 42.5 Å². The number of nitrogens with zero attached hydrogens (tertiary/aromatic N) is 1. The first-order valence-electron chi connectivity index (χ1n) is 9.19. The van der Waals surface area contributed by atoms with E-state index in [9.17, 15) is 14.4 Å². The minimum atomic E-state index is -0.446. The minimum absolute atomic E-state index is 0.0386. The van der Waals surface area contributed by atoms with Gasteiger partial charge in [0.25, 0.3) is 0 Å². The lowest BCUT2D eigenvalue weighted by molar-refractivity contribution is -0.117. The predicted molar refractivity (Wildman–Crippen MR) is 111 cm³/mol. The number of carbonyl (C=O) groups is 3. The molecule has 146 valence electrons. The van der Waals surface area contributed by atoms with Crippen molar-refractivity contribution in [1.29, 1.82) is 0 Å². The summed E-state index contributed by atoms with van der Waals surface area (Å²) in [6.07, 6.45) is 0.811. The smallest absolute Gasteiger partial charge is 0.246 e. The zero-order chi connectivity index (χ0) is 20.3. The molecule has 1 heterocycles. The van der Waals surface area contributed by atoms with Crippen molar-refractivity contribution in [2.24, 2.45) is 0 Å². The molecule has 0 radical (unpaired) electrons. The van der Waals surface area contributed by atoms with Crippen LogP contribution in [-0.4, -0.2) is 30.3 Å². The Morgan fingerprint density at radius 1 is 0.929 bits per heavy atom. The van der Waals surface area contributed by atoms with Gasteiger partial charge in [-0.2, -0.15) is 0 Å². The fourth-order valence-corrected chi connectivity index (χ4v) is 3.22. The van der Waals surface area contributed by atoms with E-state index in [0.29, 0.717) is 17.9 Å². The minimum Gasteiger partial charge on any atom is -0.374 e. The Labute approximate surface area is 164 Å². The molecule has 28 heavy (non-hydrogen) atoms. The highest BCUT2D eigenvalue weighted by molar-refractivity contribution is 5.97. The first-order chi connectivity index (χ1) is 13.3. The highest BCUT2D eigenvalue weighted by Gasteiger charge is 2.22. The Bertz CT molecular complexity index is 908. The molecule has 3 amide bonds. The van der Waals surface area contributed by atoms with E-state index in [-0.39, 0.29) is 17.7 Å². The molecule has 1 atom stereocenters. The van der Waals surface area contributed by atoms with Crippen LogP contribution in [-0.2, 0) is 20.8 Å². The third kappa shape index (κ3) is 4.49. The molecule has 0 saturated heterocycles. The standard InChI is InChI=1S/C21H24N4O3/c1-13(21(28)24-18-6-4-17(5-7-18)23-14(2)26)22-19-8-9-20-16(12-19)10-11-25(20)15(3)27/h4-9,12-13,22H,10-11H2,1-3H3,(H,23,26)(H,24,28)/t13-/m0/s1. The zero-order valence-electron chi connectivity index (χ0n) is 16.2. The quantitative estimate of drug-likeness (QED) is 0.744. The van der Waals surface area contributed by atoms with Gasteiger partial charge in [0.15, 0.2) is 0 Å². The van der Waals surface area contributed by atoms with Gasteiger partial charge in [0.05, 0.1) is 0 Å². The summed E-state index contributed by atoms with van der Waals surface area (Å²) in [6, 6.07) is 12.3. The molecule has 2 aromatic rings. The van der Waals surface area contributed by atoms with E-state index in [1.165, 1.54) is 6.92 Å². The Morgan fingerprint density at radius 2 is 1.54 bits per heavy atom. The predicted octanol–water partition coefficient (Wildman–Crippen LogP) is 2.99. The van der Waals surface area contributed by atoms with Crippen LogP contribution in [0.1, 0.15) is 26.3 Å². The van der Waals surface area contributed by atoms with E-state index in [0.717, 1.165) is 23.4 Å². The van der Waals surface area contributed by atoms with Gasteiger partial charge in [-0.3, -0.25) is 14.4 Å². The summed E-state index contributed by atoms with van der Waals surface area (Å²) in [5.74, 6) is -0.273. The van der Waals surface area contributed by atoms with E-state index in [4.69, 9.17) is 0 Å². The molecule has 0 fully saturated rings. The molecule has 1 aliphatic heterocycles. The Hall–Kier alpha value is -3.35. The summed E-state index contributed by atoms with van der Waals surface area (Å²) in [7, 11) is 0. The first-order valence-corrected chi connectivity index (χ1v) is 9.19. The summed E-state index contributed by atoms with van der Waals surface area (Å²) in [5, 5.41) is 8.73. The molecule has 0 bridgehead atoms. The van der Waals surface area contributed by atoms with Gasteiger partial charge in [0.2, 0.25) is 17.7 Å². The van der Waals surface area contributed by atoms with Crippen molar-refractivity contribution < 1.29 is 14.4 Å². The zero-order valence-corrected chi connectivity index (χ0v) is 16.2. The normalized spacial score (nSPS) is 13.5. The van der Waals surface area contributed by atoms with Gasteiger partial charge in [-0.25, -0.2) is 0 Å². The van der Waals surface area contributed by atoms with Gasteiger partial charge in [-0.05, 0) is 61.4 Å². The molecule has 0 aliphatic carbocycles. The second kappa shape index (κ2) is 8.12. The maximum atomic E-state index is 12.5. The molecule has 2 aromatic carbocycles. The average molecular weight is 380 g/mol. The Morgan fingerprint density at radius 3 is 2.14 bits per heavy atom. The SMILES string of the molecule is CC(=O)Nc1ccc(NC(=O)[C@H](C)Nc2ccc3c(c2)CCN3C(C)=O)cc1. The number of hydrogen-bond acceptors (Lipinski definition) is 4. The number of nitrogens with one attached hydrogen (secondary N) is 3. The second-order valence-electron chi connectivity index (χ2n) is 6.88. The maximum Gasteiger partial charge on any atom is 0.246 e. The number of amides is 3. The molecule has 0 aromatic heterocycles. The lowest BCUT2D eigenvalue weighted by Crippen LogP contribution is -2.31. The highest BCUT2D eigenvalue weighted by Crippen LogP contribution is 2.30. The fourth-order valence-electron chi connectivity index (χ4n) is 3.22. The molecule has 3 rings (SSSR count). The number of benzene rings is 2. The van der Waals surface area contributed by atoms with Crippen LogP contribution in [0.3, 0.4) is 0 Å². The number of rotatable bonds is 5. The van der Waals surface area contributed by atoms with Crippen molar-refractivity contribution in [1.82, 2.24) is 0 Å². The van der Waals surface area contributed by atoms with Crippen LogP contribution in [0.4, 0.5) is 22.7 Å². The van der Waals surface area contributed by atoms with Gasteiger partial charge >= 0.3 is 0 Å². The Kier molecular flexibility index (Phi) is 5.63. The van der Waals surface area contributed by atoms with E-state index in [1.54, 1.807) is 43.0 Å². The number of hydrogen-bond donors (Lipinski definition) is 3. The van der Waals surface area contributed by atoms with E-state index < -0.39 is 6.04 Å². The van der Waals surface area contributed by atoms with E-state index in [1.807, 2.05) is 18.2 Å². The molecular weight excluding hydrogens is 356 g/mol. The third-order valence-corrected chi connectivity index (χ3v) is 4.60. The largest absolute Gasteiger partial charge is 0.374 e. The van der Waals surface area contributed by atoms with Gasteiger partial charge in [0.1, 0.15) is 6.04 Å². The molecule has 1 aliphatic rings. The first kappa shape index (κ1) is 19.4. The highest BCUT2D eigenvalue weighted by atomic mass is 16.2. The number of anilines is 4. The van der Waals surface area contributed by atoms with Crippen molar-refractivity contribution >= 4 is 40.5 Å². The molecule has 0 saturated carbocycles. The lowest BCUT2D eigenvalue weighted by Gasteiger charge is -2.18. The molecule has 0 unspecified atom stereocenters. The molecule has 7 nitrogen and oxygen atoms in total. The second-order valence-corrected chi connectivity index (χ2v) is 6.88. The van der Waals surface area contributed by atoms with Crippen molar-refractivity contribution in [3.05, 3.63) is 48.0 Å². The summed E-state index contributed by atoms with van der Waals surface area (Å²) in [6.45, 7) is 5.49. The van der Waals surface area contributed by atoms with Crippen molar-refractivity contribution in [3.63, 3.8) is 0 Å². The fraction of sp³-hybridized carbons (Fsp3) is 0.286. The van der Waals surface area contributed by atoms with Gasteiger partial charge in [-0.1, -0.05) is 0 Å². The number of carbonyl (C=O) groups excluding carboxylic acids is 3. The van der Waals surface area contributed by atoms with E-state index >= 15 is 0 Å². The summed E-state index contributed by atoms with van der Waals surface area (Å²) in [5.41, 5.74) is 4.21. The van der Waals surface area contributed by atoms with Crippen LogP contribution >= 0.6 is 0 Å². The van der Waals surface area contributed by atoms with Gasteiger partial charge in [-0.15, -0.1) is 0 Å². The van der Waals surface area contributed by atoms with Gasteiger partial charge < -0.3 is 20.9 Å². The van der Waals surface area contributed by atoms with E-state index in [2.05, 4.69) is 16.0 Å². The molecule has 7 heteroatoms. The summed E-state index contributed by atoms with van der Waals surface area (Å²) < 4.78 is 0. The van der Waals surface area contributed by atoms with Crippen molar-refractivity contribution in [3.8, 4) is 0 Å². The van der Waals surface area contributed by atoms with Crippen molar-refractivity contribution in [2.75, 3.05) is 27.4 Å². The summed E-state index contributed by atoms with van der Waals surface area (Å²) in [4.78, 5) is 36.9. The van der Waals surface area contributed by atoms with Crippen LogP contribution in [0.5, 0.6) is 0 Å². The monoisotopic (exact) mass is 380 g/mol. The average Bonchev–Trinajstić information content (AvgIpc) is 3.06. The molecule has 3 N–H and O–H groups in total. The molecule has 0 spiro atoms. The van der Waals surface area contributed by atoms with Crippen LogP contribution in [0.2, 0.25) is 0 Å². The number of fused-ring (bicyclic) bond motifs is 1. The molecular formula is C21H24N4O3. The van der Waals surface area contributed by atoms with Crippen LogP contribution in [0, 0.1) is 0 Å². The third-order valence-electron chi connectivity index (χ3n) is 4.60.